The second kappa shape index (κ2) is 7.62. The van der Waals surface area contributed by atoms with Gasteiger partial charge in [0.25, 0.3) is 0 Å². The molecule has 0 radical (unpaired) electrons. The molecule has 22 heavy (non-hydrogen) atoms. The fraction of sp³-hybridized carbons (Fsp3) is 0.714. The number of piperidine rings is 1. The van der Waals surface area contributed by atoms with Gasteiger partial charge in [0.2, 0.25) is 11.8 Å². The summed E-state index contributed by atoms with van der Waals surface area (Å²) in [7, 11) is 1.84. The first-order chi connectivity index (χ1) is 10.5. The number of amides is 2. The van der Waals surface area contributed by atoms with E-state index in [-0.39, 0.29) is 18.2 Å². The Bertz CT molecular complexity index is 545. The van der Waals surface area contributed by atoms with Gasteiger partial charge in [-0.3, -0.25) is 9.59 Å². The van der Waals surface area contributed by atoms with E-state index < -0.39 is 0 Å². The third-order valence-corrected chi connectivity index (χ3v) is 4.97. The lowest BCUT2D eigenvalue weighted by molar-refractivity contribution is -0.131. The average Bonchev–Trinajstić information content (AvgIpc) is 2.83. The Labute approximate surface area is 134 Å². The van der Waals surface area contributed by atoms with Gasteiger partial charge in [0, 0.05) is 32.5 Å². The quantitative estimate of drug-likeness (QED) is 0.778. The van der Waals surface area contributed by atoms with E-state index >= 15 is 0 Å². The lowest BCUT2D eigenvalue weighted by Crippen LogP contribution is -2.42. The molecule has 0 spiro atoms. The summed E-state index contributed by atoms with van der Waals surface area (Å²) < 4.78 is 1.82. The molecule has 2 heterocycles. The fourth-order valence-electron chi connectivity index (χ4n) is 2.60. The van der Waals surface area contributed by atoms with Crippen LogP contribution >= 0.6 is 11.8 Å². The minimum atomic E-state index is -0.355. The summed E-state index contributed by atoms with van der Waals surface area (Å²) in [5.41, 5.74) is 5.14. The molecule has 1 saturated heterocycles. The van der Waals surface area contributed by atoms with Crippen LogP contribution in [-0.4, -0.2) is 49.8 Å². The second-order valence-corrected chi connectivity index (χ2v) is 6.59. The number of nitrogens with two attached hydrogens (primary N) is 1. The highest BCUT2D eigenvalue weighted by Gasteiger charge is 2.23. The smallest absolute Gasteiger partial charge is 0.233 e. The van der Waals surface area contributed by atoms with Gasteiger partial charge in [0.15, 0.2) is 5.16 Å². The van der Waals surface area contributed by atoms with Gasteiger partial charge in [0.1, 0.15) is 5.82 Å². The standard InChI is InChI=1S/C14H23N5O2S/c1-10-5-3-4-8-19(10)13(21)9-22-14-17-16-12(18(14)2)7-6-11(15)20/h10H,3-9H2,1-2H3,(H2,15,20)/t10-/m0/s1. The van der Waals surface area contributed by atoms with Crippen molar-refractivity contribution >= 4 is 23.6 Å². The van der Waals surface area contributed by atoms with E-state index in [1.54, 1.807) is 0 Å². The Morgan fingerprint density at radius 3 is 2.82 bits per heavy atom. The molecular formula is C14H23N5O2S. The molecule has 7 nitrogen and oxygen atoms in total. The number of aryl methyl sites for hydroxylation is 1. The van der Waals surface area contributed by atoms with Crippen molar-refractivity contribution in [2.45, 2.75) is 50.2 Å². The number of hydrogen-bond donors (Lipinski definition) is 1. The van der Waals surface area contributed by atoms with Crippen molar-refractivity contribution in [2.75, 3.05) is 12.3 Å². The summed E-state index contributed by atoms with van der Waals surface area (Å²) in [6, 6.07) is 0.326. The zero-order chi connectivity index (χ0) is 16.1. The van der Waals surface area contributed by atoms with Crippen LogP contribution in [0.2, 0.25) is 0 Å². The number of carbonyl (C=O) groups is 2. The summed E-state index contributed by atoms with van der Waals surface area (Å²) >= 11 is 1.39. The zero-order valence-corrected chi connectivity index (χ0v) is 13.9. The Hall–Kier alpha value is -1.57. The molecule has 1 aromatic rings. The number of nitrogens with zero attached hydrogens (tertiary/aromatic N) is 4. The first-order valence-corrected chi connectivity index (χ1v) is 8.56. The lowest BCUT2D eigenvalue weighted by Gasteiger charge is -2.33. The highest BCUT2D eigenvalue weighted by atomic mass is 32.2. The number of primary amides is 1. The zero-order valence-electron chi connectivity index (χ0n) is 13.1. The maximum atomic E-state index is 12.3. The fourth-order valence-corrected chi connectivity index (χ4v) is 3.42. The molecule has 0 aliphatic carbocycles. The lowest BCUT2D eigenvalue weighted by atomic mass is 10.0. The Morgan fingerprint density at radius 2 is 2.14 bits per heavy atom. The van der Waals surface area contributed by atoms with E-state index in [1.807, 2.05) is 16.5 Å². The van der Waals surface area contributed by atoms with Crippen molar-refractivity contribution in [3.05, 3.63) is 5.82 Å². The minimum Gasteiger partial charge on any atom is -0.370 e. The Kier molecular flexibility index (Phi) is 5.82. The highest BCUT2D eigenvalue weighted by Crippen LogP contribution is 2.21. The van der Waals surface area contributed by atoms with Crippen LogP contribution in [0.3, 0.4) is 0 Å². The predicted molar refractivity (Wildman–Crippen MR) is 84.3 cm³/mol. The maximum Gasteiger partial charge on any atom is 0.233 e. The van der Waals surface area contributed by atoms with Crippen molar-refractivity contribution in [3.8, 4) is 0 Å². The monoisotopic (exact) mass is 325 g/mol. The molecule has 1 atom stereocenters. The molecule has 1 aromatic heterocycles. The van der Waals surface area contributed by atoms with Gasteiger partial charge in [-0.2, -0.15) is 0 Å². The van der Waals surface area contributed by atoms with Crippen LogP contribution in [0, 0.1) is 0 Å². The van der Waals surface area contributed by atoms with E-state index in [0.717, 1.165) is 19.4 Å². The van der Waals surface area contributed by atoms with Gasteiger partial charge in [-0.1, -0.05) is 11.8 Å². The number of hydrogen-bond acceptors (Lipinski definition) is 5. The van der Waals surface area contributed by atoms with Crippen molar-refractivity contribution in [3.63, 3.8) is 0 Å². The van der Waals surface area contributed by atoms with Crippen molar-refractivity contribution in [1.29, 1.82) is 0 Å². The van der Waals surface area contributed by atoms with E-state index in [4.69, 9.17) is 5.73 Å². The van der Waals surface area contributed by atoms with Crippen molar-refractivity contribution < 1.29 is 9.59 Å². The minimum absolute atomic E-state index is 0.152. The van der Waals surface area contributed by atoms with Crippen LogP contribution in [0.4, 0.5) is 0 Å². The maximum absolute atomic E-state index is 12.3. The number of likely N-dealkylation sites (tertiary alicyclic amines) is 1. The topological polar surface area (TPSA) is 94.1 Å². The molecule has 0 unspecified atom stereocenters. The average molecular weight is 325 g/mol. The van der Waals surface area contributed by atoms with E-state index in [2.05, 4.69) is 17.1 Å². The third-order valence-electron chi connectivity index (χ3n) is 3.97. The van der Waals surface area contributed by atoms with E-state index in [9.17, 15) is 9.59 Å². The van der Waals surface area contributed by atoms with Crippen molar-refractivity contribution in [1.82, 2.24) is 19.7 Å². The summed E-state index contributed by atoms with van der Waals surface area (Å²) in [6.45, 7) is 2.95. The van der Waals surface area contributed by atoms with Gasteiger partial charge in [0.05, 0.1) is 5.75 Å². The molecular weight excluding hydrogens is 302 g/mol. The van der Waals surface area contributed by atoms with Crippen LogP contribution in [-0.2, 0) is 23.1 Å². The van der Waals surface area contributed by atoms with Crippen LogP contribution in [0.25, 0.3) is 0 Å². The molecule has 0 saturated carbocycles. The molecule has 1 aliphatic rings. The molecule has 0 aromatic carbocycles. The van der Waals surface area contributed by atoms with Crippen LogP contribution in [0.15, 0.2) is 5.16 Å². The normalized spacial score (nSPS) is 18.5. The van der Waals surface area contributed by atoms with E-state index in [1.165, 1.54) is 18.2 Å². The van der Waals surface area contributed by atoms with Gasteiger partial charge >= 0.3 is 0 Å². The summed E-state index contributed by atoms with van der Waals surface area (Å²) in [4.78, 5) is 25.1. The molecule has 8 heteroatoms. The molecule has 2 rings (SSSR count). The van der Waals surface area contributed by atoms with Crippen LogP contribution in [0.5, 0.6) is 0 Å². The molecule has 1 fully saturated rings. The summed E-state index contributed by atoms with van der Waals surface area (Å²) in [5.74, 6) is 0.872. The first-order valence-electron chi connectivity index (χ1n) is 7.58. The largest absolute Gasteiger partial charge is 0.370 e. The van der Waals surface area contributed by atoms with Crippen LogP contribution in [0.1, 0.15) is 38.4 Å². The van der Waals surface area contributed by atoms with Gasteiger partial charge in [-0.25, -0.2) is 0 Å². The van der Waals surface area contributed by atoms with Gasteiger partial charge in [-0.05, 0) is 26.2 Å². The molecule has 2 amide bonds. The van der Waals surface area contributed by atoms with Crippen LogP contribution < -0.4 is 5.73 Å². The van der Waals surface area contributed by atoms with Gasteiger partial charge < -0.3 is 15.2 Å². The SMILES string of the molecule is C[C@H]1CCCCN1C(=O)CSc1nnc(CCC(N)=O)n1C. The molecule has 122 valence electrons. The van der Waals surface area contributed by atoms with Crippen molar-refractivity contribution in [2.24, 2.45) is 12.8 Å². The van der Waals surface area contributed by atoms with E-state index in [0.29, 0.717) is 29.2 Å². The molecule has 1 aliphatic heterocycles. The third kappa shape index (κ3) is 4.22. The number of thioether (sulfide) groups is 1. The van der Waals surface area contributed by atoms with Gasteiger partial charge in [-0.15, -0.1) is 10.2 Å². The molecule has 2 N–H and O–H groups in total. The Morgan fingerprint density at radius 1 is 1.36 bits per heavy atom. The summed E-state index contributed by atoms with van der Waals surface area (Å²) in [6.07, 6.45) is 4.08. The first kappa shape index (κ1) is 16.8. The second-order valence-electron chi connectivity index (χ2n) is 5.64. The predicted octanol–water partition coefficient (Wildman–Crippen LogP) is 0.726. The highest BCUT2D eigenvalue weighted by molar-refractivity contribution is 7.99. The number of rotatable bonds is 6. The Balaban J connectivity index is 1.88. The summed E-state index contributed by atoms with van der Waals surface area (Å²) in [5, 5.41) is 8.83. The number of aromatic nitrogens is 3. The molecule has 0 bridgehead atoms. The number of carbonyl (C=O) groups excluding carboxylic acids is 2.